The largest absolute Gasteiger partial charge is 0.497 e. The zero-order chi connectivity index (χ0) is 22.0. The highest BCUT2D eigenvalue weighted by atomic mass is 19.1. The van der Waals surface area contributed by atoms with Crippen molar-refractivity contribution in [2.75, 3.05) is 19.1 Å². The molecule has 0 radical (unpaired) electrons. The maximum atomic E-state index is 13.4. The number of likely N-dealkylation sites (N-methyl/N-ethyl adjacent to an activating group) is 1. The summed E-state index contributed by atoms with van der Waals surface area (Å²) in [5, 5.41) is 0. The molecule has 1 heterocycles. The Bertz CT molecular complexity index is 1140. The lowest BCUT2D eigenvalue weighted by atomic mass is 10.0. The number of anilines is 1. The third kappa shape index (κ3) is 3.92. The molecule has 0 bridgehead atoms. The van der Waals surface area contributed by atoms with Crippen LogP contribution in [0.3, 0.4) is 0 Å². The molecule has 0 aromatic heterocycles. The first-order valence-electron chi connectivity index (χ1n) is 9.77. The second-order valence-electron chi connectivity index (χ2n) is 7.17. The van der Waals surface area contributed by atoms with E-state index in [1.807, 2.05) is 30.3 Å². The Balaban J connectivity index is 1.77. The number of hydrogen-bond donors (Lipinski definition) is 0. The van der Waals surface area contributed by atoms with Gasteiger partial charge in [0.1, 0.15) is 17.3 Å². The number of ether oxygens (including phenoxy) is 1. The highest BCUT2D eigenvalue weighted by Crippen LogP contribution is 2.34. The number of halogens is 1. The third-order valence-electron chi connectivity index (χ3n) is 5.26. The molecule has 0 fully saturated rings. The standard InChI is InChI=1S/C25H21FN2O3/c1-27(20-6-4-3-5-7-20)23-22(18-10-14-21(31-2)15-11-18)24(29)28(25(23)30)16-17-8-12-19(26)13-9-17/h3-15H,16H2,1-2H3. The summed E-state index contributed by atoms with van der Waals surface area (Å²) in [4.78, 5) is 29.7. The maximum absolute atomic E-state index is 13.4. The summed E-state index contributed by atoms with van der Waals surface area (Å²) in [6.45, 7) is 0.0593. The molecule has 1 aliphatic rings. The Hall–Kier alpha value is -3.93. The van der Waals surface area contributed by atoms with Gasteiger partial charge in [0, 0.05) is 12.7 Å². The molecule has 1 aliphatic heterocycles. The van der Waals surface area contributed by atoms with Crippen molar-refractivity contribution in [2.45, 2.75) is 6.54 Å². The van der Waals surface area contributed by atoms with Crippen molar-refractivity contribution < 1.29 is 18.7 Å². The Morgan fingerprint density at radius 1 is 0.871 bits per heavy atom. The van der Waals surface area contributed by atoms with Gasteiger partial charge in [-0.05, 0) is 47.5 Å². The number of carbonyl (C=O) groups excluding carboxylic acids is 2. The van der Waals surface area contributed by atoms with Crippen molar-refractivity contribution in [3.05, 3.63) is 102 Å². The van der Waals surface area contributed by atoms with Crippen LogP contribution in [0.5, 0.6) is 5.75 Å². The van der Waals surface area contributed by atoms with Crippen molar-refractivity contribution in [3.8, 4) is 5.75 Å². The molecular weight excluding hydrogens is 395 g/mol. The van der Waals surface area contributed by atoms with Gasteiger partial charge in [0.25, 0.3) is 11.8 Å². The summed E-state index contributed by atoms with van der Waals surface area (Å²) in [5.74, 6) is -0.504. The van der Waals surface area contributed by atoms with Crippen molar-refractivity contribution in [2.24, 2.45) is 0 Å². The zero-order valence-corrected chi connectivity index (χ0v) is 17.2. The van der Waals surface area contributed by atoms with Crippen molar-refractivity contribution in [1.82, 2.24) is 4.90 Å². The van der Waals surface area contributed by atoms with Gasteiger partial charge in [-0.15, -0.1) is 0 Å². The Kier molecular flexibility index (Phi) is 5.54. The maximum Gasteiger partial charge on any atom is 0.278 e. The fourth-order valence-corrected chi connectivity index (χ4v) is 3.59. The van der Waals surface area contributed by atoms with Crippen LogP contribution in [-0.2, 0) is 16.1 Å². The first kappa shape index (κ1) is 20.3. The van der Waals surface area contributed by atoms with Crippen LogP contribution in [0.1, 0.15) is 11.1 Å². The second-order valence-corrected chi connectivity index (χ2v) is 7.17. The lowest BCUT2D eigenvalue weighted by molar-refractivity contribution is -0.137. The van der Waals surface area contributed by atoms with E-state index >= 15 is 0 Å². The monoisotopic (exact) mass is 416 g/mol. The van der Waals surface area contributed by atoms with E-state index in [9.17, 15) is 14.0 Å². The van der Waals surface area contributed by atoms with Crippen LogP contribution in [0.4, 0.5) is 10.1 Å². The molecule has 0 atom stereocenters. The lowest BCUT2D eigenvalue weighted by Gasteiger charge is -2.21. The average molecular weight is 416 g/mol. The molecule has 5 nitrogen and oxygen atoms in total. The van der Waals surface area contributed by atoms with Gasteiger partial charge in [-0.2, -0.15) is 0 Å². The van der Waals surface area contributed by atoms with Crippen LogP contribution in [0.2, 0.25) is 0 Å². The number of rotatable bonds is 6. The predicted octanol–water partition coefficient (Wildman–Crippen LogP) is 4.25. The number of methoxy groups -OCH3 is 1. The number of hydrogen-bond acceptors (Lipinski definition) is 4. The van der Waals surface area contributed by atoms with Crippen LogP contribution >= 0.6 is 0 Å². The molecule has 4 rings (SSSR count). The van der Waals surface area contributed by atoms with Gasteiger partial charge >= 0.3 is 0 Å². The molecule has 6 heteroatoms. The number of carbonyl (C=O) groups is 2. The molecule has 3 aromatic rings. The minimum Gasteiger partial charge on any atom is -0.497 e. The van der Waals surface area contributed by atoms with Crippen molar-refractivity contribution >= 4 is 23.1 Å². The number of nitrogens with zero attached hydrogens (tertiary/aromatic N) is 2. The van der Waals surface area contributed by atoms with E-state index in [-0.39, 0.29) is 12.4 Å². The van der Waals surface area contributed by atoms with Crippen molar-refractivity contribution in [1.29, 1.82) is 0 Å². The van der Waals surface area contributed by atoms with E-state index in [4.69, 9.17) is 4.74 Å². The zero-order valence-electron chi connectivity index (χ0n) is 17.2. The minimum atomic E-state index is -0.397. The molecule has 0 aliphatic carbocycles. The van der Waals surface area contributed by atoms with Crippen molar-refractivity contribution in [3.63, 3.8) is 0 Å². The smallest absolute Gasteiger partial charge is 0.278 e. The van der Waals surface area contributed by atoms with E-state index in [1.165, 1.54) is 17.0 Å². The molecule has 3 aromatic carbocycles. The SMILES string of the molecule is COc1ccc(C2=C(N(C)c3ccccc3)C(=O)N(Cc3ccc(F)cc3)C2=O)cc1. The van der Waals surface area contributed by atoms with Gasteiger partial charge in [0.15, 0.2) is 0 Å². The van der Waals surface area contributed by atoms with Crippen LogP contribution in [0, 0.1) is 5.82 Å². The lowest BCUT2D eigenvalue weighted by Crippen LogP contribution is -2.33. The fourth-order valence-electron chi connectivity index (χ4n) is 3.59. The number of imide groups is 1. The first-order chi connectivity index (χ1) is 15.0. The highest BCUT2D eigenvalue weighted by molar-refractivity contribution is 6.36. The molecule has 2 amide bonds. The van der Waals surface area contributed by atoms with Gasteiger partial charge < -0.3 is 9.64 Å². The van der Waals surface area contributed by atoms with Gasteiger partial charge in [0.2, 0.25) is 0 Å². The molecular formula is C25H21FN2O3. The van der Waals surface area contributed by atoms with Gasteiger partial charge in [-0.3, -0.25) is 14.5 Å². The number of para-hydroxylation sites is 1. The van der Waals surface area contributed by atoms with E-state index in [0.29, 0.717) is 28.1 Å². The molecule has 0 spiro atoms. The molecule has 31 heavy (non-hydrogen) atoms. The summed E-state index contributed by atoms with van der Waals surface area (Å²) >= 11 is 0. The topological polar surface area (TPSA) is 49.9 Å². The number of amides is 2. The highest BCUT2D eigenvalue weighted by Gasteiger charge is 2.41. The Morgan fingerprint density at radius 3 is 2.13 bits per heavy atom. The Morgan fingerprint density at radius 2 is 1.52 bits per heavy atom. The normalized spacial score (nSPS) is 13.7. The summed E-state index contributed by atoms with van der Waals surface area (Å²) < 4.78 is 18.5. The summed E-state index contributed by atoms with van der Waals surface area (Å²) in [5.41, 5.74) is 2.69. The van der Waals surface area contributed by atoms with Gasteiger partial charge in [-0.1, -0.05) is 42.5 Å². The quantitative estimate of drug-likeness (QED) is 0.564. The van der Waals surface area contributed by atoms with Crippen LogP contribution in [-0.4, -0.2) is 30.9 Å². The van der Waals surface area contributed by atoms with Gasteiger partial charge in [-0.25, -0.2) is 4.39 Å². The molecule has 0 unspecified atom stereocenters. The molecule has 156 valence electrons. The van der Waals surface area contributed by atoms with E-state index in [2.05, 4.69) is 0 Å². The molecule has 0 saturated heterocycles. The average Bonchev–Trinajstić information content (AvgIpc) is 3.05. The van der Waals surface area contributed by atoms with Crippen LogP contribution in [0.25, 0.3) is 5.57 Å². The van der Waals surface area contributed by atoms with Crippen LogP contribution < -0.4 is 9.64 Å². The van der Waals surface area contributed by atoms with Crippen LogP contribution in [0.15, 0.2) is 84.6 Å². The Labute approximate surface area is 180 Å². The minimum absolute atomic E-state index is 0.0593. The second kappa shape index (κ2) is 8.44. The fraction of sp³-hybridized carbons (Fsp3) is 0.120. The van der Waals surface area contributed by atoms with Gasteiger partial charge in [0.05, 0.1) is 19.2 Å². The van der Waals surface area contributed by atoms with E-state index < -0.39 is 11.8 Å². The third-order valence-corrected chi connectivity index (χ3v) is 5.26. The van der Waals surface area contributed by atoms with E-state index in [1.54, 1.807) is 55.5 Å². The summed E-state index contributed by atoms with van der Waals surface area (Å²) in [6, 6.07) is 22.2. The molecule has 0 N–H and O–H groups in total. The first-order valence-corrected chi connectivity index (χ1v) is 9.77. The molecule has 0 saturated carbocycles. The van der Waals surface area contributed by atoms with E-state index in [0.717, 1.165) is 5.69 Å². The summed E-state index contributed by atoms with van der Waals surface area (Å²) in [6.07, 6.45) is 0. The number of benzene rings is 3. The predicted molar refractivity (Wildman–Crippen MR) is 117 cm³/mol. The summed E-state index contributed by atoms with van der Waals surface area (Å²) in [7, 11) is 3.33.